The van der Waals surface area contributed by atoms with Crippen LogP contribution in [-0.4, -0.2) is 18.0 Å². The van der Waals surface area contributed by atoms with E-state index in [9.17, 15) is 9.59 Å². The van der Waals surface area contributed by atoms with Crippen LogP contribution < -0.4 is 5.73 Å². The zero-order valence-corrected chi connectivity index (χ0v) is 11.4. The molecule has 1 rings (SSSR count). The number of carbonyl (C=O) groups excluding carboxylic acids is 2. The highest BCUT2D eigenvalue weighted by Gasteiger charge is 2.30. The molecule has 4 heteroatoms. The van der Waals surface area contributed by atoms with Crippen molar-refractivity contribution in [2.45, 2.75) is 52.6 Å². The summed E-state index contributed by atoms with van der Waals surface area (Å²) in [5.41, 5.74) is 4.70. The van der Waals surface area contributed by atoms with E-state index in [1.807, 2.05) is 32.9 Å². The Morgan fingerprint density at radius 2 is 1.89 bits per heavy atom. The van der Waals surface area contributed by atoms with Crippen molar-refractivity contribution >= 4 is 11.9 Å². The molecule has 2 N–H and O–H groups in total. The minimum atomic E-state index is -0.760. The quantitative estimate of drug-likeness (QED) is 0.769. The van der Waals surface area contributed by atoms with Crippen LogP contribution >= 0.6 is 0 Å². The number of hydrogen-bond acceptors (Lipinski definition) is 3. The van der Waals surface area contributed by atoms with Gasteiger partial charge in [-0.3, -0.25) is 4.79 Å². The van der Waals surface area contributed by atoms with E-state index < -0.39 is 6.09 Å². The van der Waals surface area contributed by atoms with Crippen molar-refractivity contribution in [1.82, 2.24) is 0 Å². The van der Waals surface area contributed by atoms with E-state index >= 15 is 0 Å². The topological polar surface area (TPSA) is 69.4 Å². The number of primary amides is 1. The average Bonchev–Trinajstić information content (AvgIpc) is 2.20. The van der Waals surface area contributed by atoms with Crippen LogP contribution in [0.2, 0.25) is 0 Å². The molecule has 0 fully saturated rings. The van der Waals surface area contributed by atoms with E-state index in [-0.39, 0.29) is 23.2 Å². The summed E-state index contributed by atoms with van der Waals surface area (Å²) >= 11 is 0. The number of ketones is 1. The van der Waals surface area contributed by atoms with Gasteiger partial charge in [0.1, 0.15) is 11.9 Å². The lowest BCUT2D eigenvalue weighted by Gasteiger charge is -2.26. The van der Waals surface area contributed by atoms with Crippen LogP contribution in [0.1, 0.15) is 46.5 Å². The van der Waals surface area contributed by atoms with Crippen LogP contribution in [0.5, 0.6) is 0 Å². The van der Waals surface area contributed by atoms with E-state index in [1.54, 1.807) is 0 Å². The monoisotopic (exact) mass is 253 g/mol. The number of amides is 1. The molecule has 0 saturated carbocycles. The molecular weight excluding hydrogens is 230 g/mol. The third-order valence-corrected chi connectivity index (χ3v) is 3.21. The summed E-state index contributed by atoms with van der Waals surface area (Å²) < 4.78 is 4.98. The molecule has 1 aliphatic rings. The molecule has 4 nitrogen and oxygen atoms in total. The smallest absolute Gasteiger partial charge is 0.405 e. The molecule has 102 valence electrons. The van der Waals surface area contributed by atoms with Crippen molar-refractivity contribution in [1.29, 1.82) is 0 Å². The van der Waals surface area contributed by atoms with Gasteiger partial charge in [0.15, 0.2) is 0 Å². The van der Waals surface area contributed by atoms with Crippen molar-refractivity contribution in [2.24, 2.45) is 17.1 Å². The average molecular weight is 253 g/mol. The summed E-state index contributed by atoms with van der Waals surface area (Å²) in [4.78, 5) is 23.0. The van der Waals surface area contributed by atoms with E-state index in [0.717, 1.165) is 19.3 Å². The summed E-state index contributed by atoms with van der Waals surface area (Å²) in [5, 5.41) is 0. The predicted molar refractivity (Wildman–Crippen MR) is 70.0 cm³/mol. The van der Waals surface area contributed by atoms with E-state index in [2.05, 4.69) is 0 Å². The normalized spacial score (nSPS) is 25.1. The second kappa shape index (κ2) is 6.03. The fourth-order valence-corrected chi connectivity index (χ4v) is 2.27. The highest BCUT2D eigenvalue weighted by atomic mass is 16.6. The Morgan fingerprint density at radius 3 is 2.44 bits per heavy atom. The molecule has 0 radical (unpaired) electrons. The number of rotatable bonds is 2. The van der Waals surface area contributed by atoms with Gasteiger partial charge in [0.2, 0.25) is 0 Å². The van der Waals surface area contributed by atoms with Gasteiger partial charge in [-0.25, -0.2) is 4.79 Å². The van der Waals surface area contributed by atoms with E-state index in [4.69, 9.17) is 10.5 Å². The minimum absolute atomic E-state index is 0.0499. The van der Waals surface area contributed by atoms with Crippen molar-refractivity contribution in [3.63, 3.8) is 0 Å². The Kier molecular flexibility index (Phi) is 4.93. The van der Waals surface area contributed by atoms with Crippen molar-refractivity contribution in [2.75, 3.05) is 0 Å². The number of nitrogens with two attached hydrogens (primary N) is 1. The van der Waals surface area contributed by atoms with Crippen LogP contribution in [0.15, 0.2) is 12.2 Å². The maximum atomic E-state index is 12.3. The highest BCUT2D eigenvalue weighted by molar-refractivity contribution is 5.85. The van der Waals surface area contributed by atoms with Crippen molar-refractivity contribution in [3.05, 3.63) is 12.2 Å². The van der Waals surface area contributed by atoms with Crippen molar-refractivity contribution in [3.8, 4) is 0 Å². The Bertz CT molecular complexity index is 341. The summed E-state index contributed by atoms with van der Waals surface area (Å²) in [6, 6.07) is 0. The summed E-state index contributed by atoms with van der Waals surface area (Å²) in [5.74, 6) is 0.338. The second-order valence-corrected chi connectivity index (χ2v) is 5.87. The number of hydrogen-bond donors (Lipinski definition) is 1. The first-order valence-corrected chi connectivity index (χ1v) is 6.48. The largest absolute Gasteiger partial charge is 0.442 e. The summed E-state index contributed by atoms with van der Waals surface area (Å²) in [7, 11) is 0. The lowest BCUT2D eigenvalue weighted by Crippen LogP contribution is -2.30. The SMILES string of the molecule is CC(C)(C)C(=O)C1CCC=CC(OC(N)=O)CC1. The first-order chi connectivity index (χ1) is 8.30. The van der Waals surface area contributed by atoms with Gasteiger partial charge in [0, 0.05) is 11.3 Å². The fraction of sp³-hybridized carbons (Fsp3) is 0.714. The molecule has 0 heterocycles. The third kappa shape index (κ3) is 4.51. The van der Waals surface area contributed by atoms with Gasteiger partial charge in [0.05, 0.1) is 0 Å². The van der Waals surface area contributed by atoms with Gasteiger partial charge in [-0.15, -0.1) is 0 Å². The van der Waals surface area contributed by atoms with Crippen LogP contribution in [0.25, 0.3) is 0 Å². The van der Waals surface area contributed by atoms with Gasteiger partial charge < -0.3 is 10.5 Å². The number of carbonyl (C=O) groups is 2. The Balaban J connectivity index is 2.64. The molecule has 2 unspecified atom stereocenters. The standard InChI is InChI=1S/C14H23NO3/c1-14(2,3)12(16)10-6-4-5-7-11(9-8-10)18-13(15)17/h5,7,10-11H,4,6,8-9H2,1-3H3,(H2,15,17). The first-order valence-electron chi connectivity index (χ1n) is 6.48. The minimum Gasteiger partial charge on any atom is -0.442 e. The summed E-state index contributed by atoms with van der Waals surface area (Å²) in [6.45, 7) is 5.84. The molecule has 2 atom stereocenters. The molecule has 1 aliphatic carbocycles. The zero-order valence-electron chi connectivity index (χ0n) is 11.4. The molecule has 0 aromatic carbocycles. The lowest BCUT2D eigenvalue weighted by atomic mass is 9.78. The van der Waals surface area contributed by atoms with Crippen LogP contribution in [-0.2, 0) is 9.53 Å². The molecule has 18 heavy (non-hydrogen) atoms. The Labute approximate surface area is 109 Å². The fourth-order valence-electron chi connectivity index (χ4n) is 2.27. The van der Waals surface area contributed by atoms with Gasteiger partial charge in [-0.1, -0.05) is 26.8 Å². The van der Waals surface area contributed by atoms with Gasteiger partial charge in [-0.2, -0.15) is 0 Å². The van der Waals surface area contributed by atoms with Gasteiger partial charge >= 0.3 is 6.09 Å². The number of ether oxygens (including phenoxy) is 1. The summed E-state index contributed by atoms with van der Waals surface area (Å²) in [6.07, 6.45) is 5.89. The molecular formula is C14H23NO3. The Morgan fingerprint density at radius 1 is 1.22 bits per heavy atom. The van der Waals surface area contributed by atoms with Crippen LogP contribution in [0.4, 0.5) is 4.79 Å². The van der Waals surface area contributed by atoms with E-state index in [0.29, 0.717) is 6.42 Å². The van der Waals surface area contributed by atoms with Crippen LogP contribution in [0.3, 0.4) is 0 Å². The third-order valence-electron chi connectivity index (χ3n) is 3.21. The number of allylic oxidation sites excluding steroid dienone is 1. The van der Waals surface area contributed by atoms with Crippen molar-refractivity contribution < 1.29 is 14.3 Å². The maximum Gasteiger partial charge on any atom is 0.405 e. The molecule has 0 saturated heterocycles. The van der Waals surface area contributed by atoms with Gasteiger partial charge in [-0.05, 0) is 31.8 Å². The molecule has 0 spiro atoms. The second-order valence-electron chi connectivity index (χ2n) is 5.87. The zero-order chi connectivity index (χ0) is 13.8. The Hall–Kier alpha value is -1.32. The maximum absolute atomic E-state index is 12.3. The molecule has 1 amide bonds. The highest BCUT2D eigenvalue weighted by Crippen LogP contribution is 2.28. The van der Waals surface area contributed by atoms with E-state index in [1.165, 1.54) is 0 Å². The lowest BCUT2D eigenvalue weighted by molar-refractivity contribution is -0.131. The molecule has 0 aliphatic heterocycles. The predicted octanol–water partition coefficient (Wildman–Crippen LogP) is 2.81. The number of Topliss-reactive ketones (excluding diaryl/α,β-unsaturated/α-hetero) is 1. The molecule has 0 bridgehead atoms. The molecule has 0 aromatic rings. The first kappa shape index (κ1) is 14.7. The van der Waals surface area contributed by atoms with Crippen LogP contribution in [0, 0.1) is 11.3 Å². The molecule has 0 aromatic heterocycles. The van der Waals surface area contributed by atoms with Gasteiger partial charge in [0.25, 0.3) is 0 Å².